The molecule has 2 atom stereocenters. The summed E-state index contributed by atoms with van der Waals surface area (Å²) in [5.74, 6) is -0.220. The number of carbonyl (C=O) groups is 2. The number of carbonyl (C=O) groups excluding carboxylic acids is 2. The third-order valence-corrected chi connectivity index (χ3v) is 4.79. The van der Waals surface area contributed by atoms with Crippen molar-refractivity contribution in [1.29, 1.82) is 0 Å². The molecular formula is C17H23N5O3. The van der Waals surface area contributed by atoms with Crippen LogP contribution in [0.3, 0.4) is 0 Å². The van der Waals surface area contributed by atoms with Crippen LogP contribution in [0.1, 0.15) is 37.2 Å². The second-order valence-electron chi connectivity index (χ2n) is 6.33. The summed E-state index contributed by atoms with van der Waals surface area (Å²) in [6, 6.07) is 3.32. The van der Waals surface area contributed by atoms with E-state index < -0.39 is 0 Å². The fourth-order valence-corrected chi connectivity index (χ4v) is 3.55. The van der Waals surface area contributed by atoms with E-state index in [1.54, 1.807) is 33.8 Å². The summed E-state index contributed by atoms with van der Waals surface area (Å²) in [6.07, 6.45) is 4.11. The first-order valence-electron chi connectivity index (χ1n) is 8.44. The van der Waals surface area contributed by atoms with Crippen LogP contribution in [0.2, 0.25) is 0 Å². The molecule has 1 saturated heterocycles. The molecule has 1 aliphatic heterocycles. The van der Waals surface area contributed by atoms with Gasteiger partial charge >= 0.3 is 0 Å². The van der Waals surface area contributed by atoms with E-state index in [0.29, 0.717) is 31.6 Å². The second-order valence-corrected chi connectivity index (χ2v) is 6.33. The summed E-state index contributed by atoms with van der Waals surface area (Å²) in [5.41, 5.74) is 1.58. The zero-order valence-electron chi connectivity index (χ0n) is 14.8. The van der Waals surface area contributed by atoms with Gasteiger partial charge < -0.3 is 14.3 Å². The predicted octanol–water partition coefficient (Wildman–Crippen LogP) is 1.37. The van der Waals surface area contributed by atoms with Gasteiger partial charge in [-0.25, -0.2) is 0 Å². The first-order chi connectivity index (χ1) is 12.0. The highest BCUT2D eigenvalue weighted by atomic mass is 16.5. The quantitative estimate of drug-likeness (QED) is 0.817. The lowest BCUT2D eigenvalue weighted by molar-refractivity contribution is -0.147. The van der Waals surface area contributed by atoms with Crippen LogP contribution in [0.25, 0.3) is 0 Å². The van der Waals surface area contributed by atoms with E-state index in [2.05, 4.69) is 10.3 Å². The molecule has 0 radical (unpaired) electrons. The standard InChI is InChI=1S/C17H23N5O3/c1-4-22-15(23)6-5-13(16(22)14-7-9-18-21(14)3)17(24)20(2)11-12-8-10-25-19-12/h7-10,13,16H,4-6,11H2,1-3H3/t13-,16-/m0/s1. The van der Waals surface area contributed by atoms with E-state index in [-0.39, 0.29) is 23.8 Å². The Morgan fingerprint density at radius 1 is 1.44 bits per heavy atom. The van der Waals surface area contributed by atoms with E-state index >= 15 is 0 Å². The fourth-order valence-electron chi connectivity index (χ4n) is 3.55. The number of piperidine rings is 1. The molecule has 2 amide bonds. The fraction of sp³-hybridized carbons (Fsp3) is 0.529. The molecule has 134 valence electrons. The van der Waals surface area contributed by atoms with E-state index in [1.165, 1.54) is 6.26 Å². The monoisotopic (exact) mass is 345 g/mol. The van der Waals surface area contributed by atoms with Gasteiger partial charge in [-0.15, -0.1) is 0 Å². The molecule has 8 heteroatoms. The van der Waals surface area contributed by atoms with Crippen LogP contribution in [0.5, 0.6) is 0 Å². The molecule has 0 aliphatic carbocycles. The Morgan fingerprint density at radius 3 is 2.84 bits per heavy atom. The van der Waals surface area contributed by atoms with E-state index in [1.807, 2.05) is 20.0 Å². The molecule has 3 rings (SSSR count). The van der Waals surface area contributed by atoms with Crippen molar-refractivity contribution in [2.45, 2.75) is 32.4 Å². The van der Waals surface area contributed by atoms with E-state index in [9.17, 15) is 9.59 Å². The van der Waals surface area contributed by atoms with Gasteiger partial charge in [0.15, 0.2) is 0 Å². The average molecular weight is 345 g/mol. The molecule has 25 heavy (non-hydrogen) atoms. The third-order valence-electron chi connectivity index (χ3n) is 4.79. The van der Waals surface area contributed by atoms with Crippen LogP contribution in [0.4, 0.5) is 0 Å². The van der Waals surface area contributed by atoms with Crippen molar-refractivity contribution in [2.75, 3.05) is 13.6 Å². The molecule has 0 unspecified atom stereocenters. The largest absolute Gasteiger partial charge is 0.364 e. The minimum absolute atomic E-state index is 0.000139. The maximum Gasteiger partial charge on any atom is 0.228 e. The van der Waals surface area contributed by atoms with Gasteiger partial charge in [0, 0.05) is 39.3 Å². The molecule has 2 aromatic rings. The number of hydrogen-bond donors (Lipinski definition) is 0. The molecular weight excluding hydrogens is 322 g/mol. The first-order valence-corrected chi connectivity index (χ1v) is 8.44. The number of likely N-dealkylation sites (tertiary alicyclic amines) is 1. The zero-order chi connectivity index (χ0) is 18.0. The van der Waals surface area contributed by atoms with Gasteiger partial charge in [-0.05, 0) is 19.4 Å². The molecule has 2 aromatic heterocycles. The maximum absolute atomic E-state index is 13.1. The van der Waals surface area contributed by atoms with Gasteiger partial charge in [0.1, 0.15) is 12.0 Å². The zero-order valence-corrected chi connectivity index (χ0v) is 14.8. The molecule has 0 aromatic carbocycles. The summed E-state index contributed by atoms with van der Waals surface area (Å²) in [4.78, 5) is 28.9. The summed E-state index contributed by atoms with van der Waals surface area (Å²) < 4.78 is 6.57. The van der Waals surface area contributed by atoms with Gasteiger partial charge in [-0.1, -0.05) is 5.16 Å². The number of hydrogen-bond acceptors (Lipinski definition) is 5. The van der Waals surface area contributed by atoms with Crippen molar-refractivity contribution in [1.82, 2.24) is 24.7 Å². The Bertz CT molecular complexity index is 739. The smallest absolute Gasteiger partial charge is 0.228 e. The van der Waals surface area contributed by atoms with Crippen LogP contribution < -0.4 is 0 Å². The Kier molecular flexibility index (Phi) is 4.87. The van der Waals surface area contributed by atoms with Crippen molar-refractivity contribution in [2.24, 2.45) is 13.0 Å². The average Bonchev–Trinajstić information content (AvgIpc) is 3.25. The molecule has 8 nitrogen and oxygen atoms in total. The number of rotatable bonds is 5. The molecule has 0 spiro atoms. The normalized spacial score (nSPS) is 20.8. The highest BCUT2D eigenvalue weighted by Gasteiger charge is 2.42. The lowest BCUT2D eigenvalue weighted by Gasteiger charge is -2.41. The summed E-state index contributed by atoms with van der Waals surface area (Å²) in [6.45, 7) is 2.88. The number of aromatic nitrogens is 3. The van der Waals surface area contributed by atoms with Crippen LogP contribution in [0.15, 0.2) is 29.1 Å². The minimum atomic E-state index is -0.301. The van der Waals surface area contributed by atoms with Crippen molar-refractivity contribution in [3.8, 4) is 0 Å². The summed E-state index contributed by atoms with van der Waals surface area (Å²) >= 11 is 0. The highest BCUT2D eigenvalue weighted by Crippen LogP contribution is 2.37. The molecule has 3 heterocycles. The number of aryl methyl sites for hydroxylation is 1. The predicted molar refractivity (Wildman–Crippen MR) is 89.0 cm³/mol. The van der Waals surface area contributed by atoms with Crippen molar-refractivity contribution < 1.29 is 14.1 Å². The number of amides is 2. The lowest BCUT2D eigenvalue weighted by Crippen LogP contribution is -2.48. The highest BCUT2D eigenvalue weighted by molar-refractivity contribution is 5.84. The first kappa shape index (κ1) is 17.2. The summed E-state index contributed by atoms with van der Waals surface area (Å²) in [5, 5.41) is 8.08. The molecule has 0 N–H and O–H groups in total. The van der Waals surface area contributed by atoms with Crippen molar-refractivity contribution in [3.05, 3.63) is 36.0 Å². The van der Waals surface area contributed by atoms with Crippen LogP contribution >= 0.6 is 0 Å². The molecule has 1 aliphatic rings. The Balaban J connectivity index is 1.87. The third kappa shape index (κ3) is 3.29. The Hall–Kier alpha value is -2.64. The molecule has 0 saturated carbocycles. The van der Waals surface area contributed by atoms with Crippen molar-refractivity contribution >= 4 is 11.8 Å². The van der Waals surface area contributed by atoms with Crippen LogP contribution in [0, 0.1) is 5.92 Å². The van der Waals surface area contributed by atoms with E-state index in [0.717, 1.165) is 5.69 Å². The SMILES string of the molecule is CCN1C(=O)CC[C@H](C(=O)N(C)Cc2ccon2)[C@H]1c1ccnn1C. The van der Waals surface area contributed by atoms with Gasteiger partial charge in [-0.3, -0.25) is 14.3 Å². The van der Waals surface area contributed by atoms with Crippen molar-refractivity contribution in [3.63, 3.8) is 0 Å². The van der Waals surface area contributed by atoms with E-state index in [4.69, 9.17) is 4.52 Å². The molecule has 1 fully saturated rings. The topological polar surface area (TPSA) is 84.5 Å². The maximum atomic E-state index is 13.1. The minimum Gasteiger partial charge on any atom is -0.364 e. The number of nitrogens with zero attached hydrogens (tertiary/aromatic N) is 5. The van der Waals surface area contributed by atoms with Crippen LogP contribution in [-0.2, 0) is 23.2 Å². The second kappa shape index (κ2) is 7.08. The van der Waals surface area contributed by atoms with Gasteiger partial charge in [0.2, 0.25) is 11.8 Å². The lowest BCUT2D eigenvalue weighted by atomic mass is 9.85. The Morgan fingerprint density at radius 2 is 2.24 bits per heavy atom. The van der Waals surface area contributed by atoms with Crippen LogP contribution in [-0.4, -0.2) is 50.1 Å². The molecule has 0 bridgehead atoms. The van der Waals surface area contributed by atoms with Gasteiger partial charge in [0.25, 0.3) is 0 Å². The summed E-state index contributed by atoms with van der Waals surface area (Å²) in [7, 11) is 3.59. The van der Waals surface area contributed by atoms with Gasteiger partial charge in [0.05, 0.1) is 24.2 Å². The van der Waals surface area contributed by atoms with Gasteiger partial charge in [-0.2, -0.15) is 5.10 Å². The Labute approximate surface area is 146 Å².